The summed E-state index contributed by atoms with van der Waals surface area (Å²) in [5.74, 6) is 0. The van der Waals surface area contributed by atoms with Crippen LogP contribution in [0.15, 0.2) is 11.0 Å². The van der Waals surface area contributed by atoms with Gasteiger partial charge in [-0.15, -0.1) is 0 Å². The third-order valence-corrected chi connectivity index (χ3v) is 2.13. The van der Waals surface area contributed by atoms with Crippen molar-refractivity contribution < 1.29 is 0 Å². The number of aryl methyl sites for hydroxylation is 3. The van der Waals surface area contributed by atoms with Gasteiger partial charge in [0.25, 0.3) is 0 Å². The zero-order chi connectivity index (χ0) is 10.3. The molecule has 0 unspecified atom stereocenters. The quantitative estimate of drug-likeness (QED) is 0.601. The van der Waals surface area contributed by atoms with Gasteiger partial charge in [0.2, 0.25) is 0 Å². The minimum Gasteiger partial charge on any atom is -0.300 e. The normalized spacial score (nSPS) is 10.8. The van der Waals surface area contributed by atoms with Gasteiger partial charge in [0.05, 0.1) is 11.4 Å². The summed E-state index contributed by atoms with van der Waals surface area (Å²) in [5.41, 5.74) is 2.41. The summed E-state index contributed by atoms with van der Waals surface area (Å²) < 4.78 is 1.39. The zero-order valence-corrected chi connectivity index (χ0v) is 8.27. The largest absolute Gasteiger partial charge is 0.349 e. The molecule has 0 spiro atoms. The van der Waals surface area contributed by atoms with Crippen LogP contribution >= 0.6 is 0 Å². The molecule has 0 aliphatic rings. The van der Waals surface area contributed by atoms with E-state index in [2.05, 4.69) is 15.0 Å². The lowest BCUT2D eigenvalue weighted by Crippen LogP contribution is -2.20. The molecule has 0 N–H and O–H groups in total. The van der Waals surface area contributed by atoms with Crippen LogP contribution in [0.4, 0.5) is 0 Å². The molecule has 0 bridgehead atoms. The number of rotatable bonds is 0. The van der Waals surface area contributed by atoms with Crippen molar-refractivity contribution >= 4 is 11.2 Å². The summed E-state index contributed by atoms with van der Waals surface area (Å²) in [6.07, 6.45) is 1.64. The van der Waals surface area contributed by atoms with Crippen molar-refractivity contribution in [1.29, 1.82) is 0 Å². The third-order valence-electron chi connectivity index (χ3n) is 2.13. The summed E-state index contributed by atoms with van der Waals surface area (Å²) in [6, 6.07) is 0. The van der Waals surface area contributed by atoms with E-state index in [9.17, 15) is 4.79 Å². The Morgan fingerprint density at radius 1 is 1.14 bits per heavy atom. The molecule has 0 radical (unpaired) electrons. The van der Waals surface area contributed by atoms with Crippen LogP contribution in [0.5, 0.6) is 0 Å². The standard InChI is InChI=1S/C9H10N4O/c1-5-6(2)11-8-7(10-5)4-13(3)9(14)12-8/h4H,1-3H3. The lowest BCUT2D eigenvalue weighted by molar-refractivity contribution is 0.817. The van der Waals surface area contributed by atoms with Gasteiger partial charge in [0, 0.05) is 13.2 Å². The Morgan fingerprint density at radius 2 is 1.79 bits per heavy atom. The highest BCUT2D eigenvalue weighted by molar-refractivity contribution is 5.68. The smallest absolute Gasteiger partial charge is 0.300 e. The Labute approximate surface area is 80.5 Å². The maximum atomic E-state index is 11.2. The number of hydrogen-bond donors (Lipinski definition) is 0. The Kier molecular flexibility index (Phi) is 1.80. The second-order valence-corrected chi connectivity index (χ2v) is 3.24. The van der Waals surface area contributed by atoms with E-state index in [1.165, 1.54) is 4.57 Å². The summed E-state index contributed by atoms with van der Waals surface area (Å²) in [4.78, 5) is 23.5. The molecule has 72 valence electrons. The Morgan fingerprint density at radius 3 is 2.50 bits per heavy atom. The van der Waals surface area contributed by atoms with Crippen LogP contribution in [0, 0.1) is 13.8 Å². The summed E-state index contributed by atoms with van der Waals surface area (Å²) in [7, 11) is 1.64. The predicted molar refractivity (Wildman–Crippen MR) is 52.0 cm³/mol. The van der Waals surface area contributed by atoms with Crippen molar-refractivity contribution in [1.82, 2.24) is 19.5 Å². The van der Waals surface area contributed by atoms with E-state index in [4.69, 9.17) is 0 Å². The molecule has 14 heavy (non-hydrogen) atoms. The van der Waals surface area contributed by atoms with Crippen LogP contribution in [0.2, 0.25) is 0 Å². The lowest BCUT2D eigenvalue weighted by Gasteiger charge is -2.02. The van der Waals surface area contributed by atoms with Crippen molar-refractivity contribution in [2.75, 3.05) is 0 Å². The van der Waals surface area contributed by atoms with E-state index in [0.717, 1.165) is 11.4 Å². The van der Waals surface area contributed by atoms with Crippen molar-refractivity contribution in [3.05, 3.63) is 28.1 Å². The fourth-order valence-electron chi connectivity index (χ4n) is 1.19. The third kappa shape index (κ3) is 1.26. The van der Waals surface area contributed by atoms with Crippen LogP contribution < -0.4 is 5.69 Å². The molecule has 0 amide bonds. The monoisotopic (exact) mass is 190 g/mol. The zero-order valence-electron chi connectivity index (χ0n) is 8.27. The molecule has 5 nitrogen and oxygen atoms in total. The van der Waals surface area contributed by atoms with E-state index >= 15 is 0 Å². The molecule has 0 saturated heterocycles. The van der Waals surface area contributed by atoms with Crippen LogP contribution in [-0.4, -0.2) is 19.5 Å². The van der Waals surface area contributed by atoms with Gasteiger partial charge in [0.1, 0.15) is 5.52 Å². The van der Waals surface area contributed by atoms with Crippen molar-refractivity contribution in [3.63, 3.8) is 0 Å². The first-order valence-corrected chi connectivity index (χ1v) is 4.26. The van der Waals surface area contributed by atoms with Gasteiger partial charge in [-0.1, -0.05) is 0 Å². The second-order valence-electron chi connectivity index (χ2n) is 3.24. The van der Waals surface area contributed by atoms with Gasteiger partial charge in [-0.3, -0.25) is 4.57 Å². The second kappa shape index (κ2) is 2.87. The molecule has 2 rings (SSSR count). The average Bonchev–Trinajstić information content (AvgIpc) is 2.11. The number of hydrogen-bond acceptors (Lipinski definition) is 4. The Balaban J connectivity index is 2.90. The highest BCUT2D eigenvalue weighted by atomic mass is 16.1. The van der Waals surface area contributed by atoms with Crippen LogP contribution in [-0.2, 0) is 7.05 Å². The van der Waals surface area contributed by atoms with E-state index in [1.807, 2.05) is 13.8 Å². The fourth-order valence-corrected chi connectivity index (χ4v) is 1.19. The van der Waals surface area contributed by atoms with Gasteiger partial charge >= 0.3 is 5.69 Å². The van der Waals surface area contributed by atoms with E-state index in [0.29, 0.717) is 11.2 Å². The molecule has 5 heteroatoms. The van der Waals surface area contributed by atoms with Crippen LogP contribution in [0.3, 0.4) is 0 Å². The van der Waals surface area contributed by atoms with Gasteiger partial charge < -0.3 is 0 Å². The Bertz CT molecular complexity index is 558. The van der Waals surface area contributed by atoms with E-state index in [-0.39, 0.29) is 5.69 Å². The molecule has 0 aromatic carbocycles. The van der Waals surface area contributed by atoms with Gasteiger partial charge in [0.15, 0.2) is 5.65 Å². The van der Waals surface area contributed by atoms with Gasteiger partial charge in [-0.2, -0.15) is 4.98 Å². The van der Waals surface area contributed by atoms with Gasteiger partial charge in [-0.05, 0) is 13.8 Å². The molecule has 0 saturated carbocycles. The van der Waals surface area contributed by atoms with E-state index < -0.39 is 0 Å². The maximum Gasteiger partial charge on any atom is 0.349 e. The van der Waals surface area contributed by atoms with E-state index in [1.54, 1.807) is 13.2 Å². The molecule has 0 fully saturated rings. The highest BCUT2D eigenvalue weighted by Crippen LogP contribution is 2.06. The molecule has 2 aromatic heterocycles. The van der Waals surface area contributed by atoms with Crippen LogP contribution in [0.25, 0.3) is 11.2 Å². The van der Waals surface area contributed by atoms with Crippen molar-refractivity contribution in [2.24, 2.45) is 7.05 Å². The van der Waals surface area contributed by atoms with Gasteiger partial charge in [-0.25, -0.2) is 14.8 Å². The van der Waals surface area contributed by atoms with Crippen molar-refractivity contribution in [2.45, 2.75) is 13.8 Å². The number of aromatic nitrogens is 4. The van der Waals surface area contributed by atoms with Crippen LogP contribution in [0.1, 0.15) is 11.4 Å². The molecule has 0 atom stereocenters. The SMILES string of the molecule is Cc1nc2cn(C)c(=O)nc2nc1C. The first kappa shape index (κ1) is 8.80. The topological polar surface area (TPSA) is 60.7 Å². The summed E-state index contributed by atoms with van der Waals surface area (Å²) in [6.45, 7) is 3.73. The molecular formula is C9H10N4O. The molecular weight excluding hydrogens is 180 g/mol. The molecule has 2 aromatic rings. The molecule has 0 aliphatic carbocycles. The summed E-state index contributed by atoms with van der Waals surface area (Å²) >= 11 is 0. The molecule has 0 aliphatic heterocycles. The lowest BCUT2D eigenvalue weighted by atomic mass is 10.3. The average molecular weight is 190 g/mol. The van der Waals surface area contributed by atoms with Crippen molar-refractivity contribution in [3.8, 4) is 0 Å². The highest BCUT2D eigenvalue weighted by Gasteiger charge is 2.04. The minimum absolute atomic E-state index is 0.310. The predicted octanol–water partition coefficient (Wildman–Crippen LogP) is 0.340. The first-order valence-electron chi connectivity index (χ1n) is 4.26. The molecule has 2 heterocycles. The maximum absolute atomic E-state index is 11.2. The fraction of sp³-hybridized carbons (Fsp3) is 0.333. The minimum atomic E-state index is -0.310. The Hall–Kier alpha value is -1.78. The number of nitrogens with zero attached hydrogens (tertiary/aromatic N) is 4. The number of fused-ring (bicyclic) bond motifs is 1. The first-order chi connectivity index (χ1) is 6.58. The summed E-state index contributed by atoms with van der Waals surface area (Å²) in [5, 5.41) is 0.